The standard InChI is InChI=1S/C19H28N2O4S/c1-15-14-21(12-13-25-15)19(22)11-8-16-6-9-18(10-7-16)26(23,24)20-17-4-2-3-5-17/h6-7,9-10,15,17,20H,2-5,8,11-14H2,1H3. The van der Waals surface area contributed by atoms with Crippen molar-refractivity contribution in [3.63, 3.8) is 0 Å². The summed E-state index contributed by atoms with van der Waals surface area (Å²) in [4.78, 5) is 14.4. The summed E-state index contributed by atoms with van der Waals surface area (Å²) in [7, 11) is -3.45. The Hall–Kier alpha value is -1.44. The highest BCUT2D eigenvalue weighted by atomic mass is 32.2. The number of hydrogen-bond donors (Lipinski definition) is 1. The van der Waals surface area contributed by atoms with Crippen molar-refractivity contribution in [2.75, 3.05) is 19.7 Å². The number of hydrogen-bond acceptors (Lipinski definition) is 4. The van der Waals surface area contributed by atoms with Gasteiger partial charge in [-0.1, -0.05) is 25.0 Å². The van der Waals surface area contributed by atoms with E-state index in [-0.39, 0.29) is 18.1 Å². The Labute approximate surface area is 156 Å². The fourth-order valence-electron chi connectivity index (χ4n) is 3.62. The Kier molecular flexibility index (Phi) is 6.32. The van der Waals surface area contributed by atoms with E-state index in [0.717, 1.165) is 31.2 Å². The van der Waals surface area contributed by atoms with Crippen LogP contribution in [-0.2, 0) is 26.0 Å². The van der Waals surface area contributed by atoms with Crippen LogP contribution in [0.15, 0.2) is 29.2 Å². The molecule has 3 rings (SSSR count). The number of carbonyl (C=O) groups excluding carboxylic acids is 1. The van der Waals surface area contributed by atoms with Crippen LogP contribution in [0.3, 0.4) is 0 Å². The smallest absolute Gasteiger partial charge is 0.240 e. The van der Waals surface area contributed by atoms with Crippen LogP contribution in [0.5, 0.6) is 0 Å². The van der Waals surface area contributed by atoms with Gasteiger partial charge in [-0.05, 0) is 43.9 Å². The molecule has 0 radical (unpaired) electrons. The lowest BCUT2D eigenvalue weighted by Gasteiger charge is -2.31. The van der Waals surface area contributed by atoms with Crippen molar-refractivity contribution in [1.82, 2.24) is 9.62 Å². The molecule has 1 aliphatic heterocycles. The van der Waals surface area contributed by atoms with E-state index in [1.165, 1.54) is 0 Å². The van der Waals surface area contributed by atoms with Gasteiger partial charge in [0.15, 0.2) is 0 Å². The van der Waals surface area contributed by atoms with E-state index in [2.05, 4.69) is 4.72 Å². The zero-order chi connectivity index (χ0) is 18.6. The quantitative estimate of drug-likeness (QED) is 0.820. The van der Waals surface area contributed by atoms with Crippen LogP contribution >= 0.6 is 0 Å². The summed E-state index contributed by atoms with van der Waals surface area (Å²) in [5.74, 6) is 0.125. The molecule has 1 heterocycles. The Morgan fingerprint density at radius 3 is 2.58 bits per heavy atom. The molecule has 7 heteroatoms. The molecule has 1 aromatic rings. The lowest BCUT2D eigenvalue weighted by molar-refractivity contribution is -0.138. The van der Waals surface area contributed by atoms with Crippen LogP contribution in [0.25, 0.3) is 0 Å². The molecular formula is C19H28N2O4S. The number of sulfonamides is 1. The molecule has 0 spiro atoms. The van der Waals surface area contributed by atoms with Gasteiger partial charge in [-0.2, -0.15) is 0 Å². The van der Waals surface area contributed by atoms with Gasteiger partial charge in [-0.25, -0.2) is 13.1 Å². The third-order valence-electron chi connectivity index (χ3n) is 5.13. The molecule has 2 fully saturated rings. The summed E-state index contributed by atoms with van der Waals surface area (Å²) in [5.41, 5.74) is 0.972. The molecule has 1 saturated carbocycles. The first kappa shape index (κ1) is 19.3. The predicted molar refractivity (Wildman–Crippen MR) is 99.3 cm³/mol. The largest absolute Gasteiger partial charge is 0.375 e. The minimum Gasteiger partial charge on any atom is -0.375 e. The van der Waals surface area contributed by atoms with Gasteiger partial charge >= 0.3 is 0 Å². The van der Waals surface area contributed by atoms with Crippen LogP contribution in [-0.4, -0.2) is 51.1 Å². The number of aryl methyl sites for hydroxylation is 1. The number of rotatable bonds is 6. The molecule has 1 aromatic carbocycles. The highest BCUT2D eigenvalue weighted by Gasteiger charge is 2.23. The summed E-state index contributed by atoms with van der Waals surface area (Å²) in [6.07, 6.45) is 5.13. The number of amides is 1. The Morgan fingerprint density at radius 2 is 1.92 bits per heavy atom. The average Bonchev–Trinajstić information content (AvgIpc) is 3.12. The molecule has 1 saturated heterocycles. The lowest BCUT2D eigenvalue weighted by Crippen LogP contribution is -2.44. The van der Waals surface area contributed by atoms with Crippen LogP contribution in [0, 0.1) is 0 Å². The first-order valence-corrected chi connectivity index (χ1v) is 10.9. The van der Waals surface area contributed by atoms with Crippen molar-refractivity contribution in [2.24, 2.45) is 0 Å². The molecule has 2 aliphatic rings. The molecule has 1 atom stereocenters. The normalized spacial score (nSPS) is 21.9. The van der Waals surface area contributed by atoms with E-state index in [4.69, 9.17) is 4.74 Å². The molecule has 0 aromatic heterocycles. The predicted octanol–water partition coefficient (Wildman–Crippen LogP) is 2.09. The second-order valence-electron chi connectivity index (χ2n) is 7.27. The summed E-state index contributed by atoms with van der Waals surface area (Å²) in [6.45, 7) is 3.85. The van der Waals surface area contributed by atoms with Gasteiger partial charge in [-0.15, -0.1) is 0 Å². The summed E-state index contributed by atoms with van der Waals surface area (Å²) < 4.78 is 33.1. The fourth-order valence-corrected chi connectivity index (χ4v) is 4.93. The van der Waals surface area contributed by atoms with Crippen LogP contribution < -0.4 is 4.72 Å². The summed E-state index contributed by atoms with van der Waals surface area (Å²) in [5, 5.41) is 0. The van der Waals surface area contributed by atoms with E-state index in [9.17, 15) is 13.2 Å². The lowest BCUT2D eigenvalue weighted by atomic mass is 10.1. The van der Waals surface area contributed by atoms with E-state index in [1.807, 2.05) is 11.8 Å². The zero-order valence-corrected chi connectivity index (χ0v) is 16.1. The van der Waals surface area contributed by atoms with Crippen molar-refractivity contribution in [2.45, 2.75) is 62.5 Å². The number of benzene rings is 1. The maximum Gasteiger partial charge on any atom is 0.240 e. The monoisotopic (exact) mass is 380 g/mol. The molecule has 6 nitrogen and oxygen atoms in total. The zero-order valence-electron chi connectivity index (χ0n) is 15.3. The van der Waals surface area contributed by atoms with Gasteiger partial charge in [-0.3, -0.25) is 4.79 Å². The van der Waals surface area contributed by atoms with Crippen LogP contribution in [0.4, 0.5) is 0 Å². The van der Waals surface area contributed by atoms with E-state index in [1.54, 1.807) is 24.3 Å². The van der Waals surface area contributed by atoms with Gasteiger partial charge in [0, 0.05) is 25.6 Å². The van der Waals surface area contributed by atoms with Crippen LogP contribution in [0.2, 0.25) is 0 Å². The second-order valence-corrected chi connectivity index (χ2v) is 8.98. The number of ether oxygens (including phenoxy) is 1. The van der Waals surface area contributed by atoms with Crippen molar-refractivity contribution in [3.8, 4) is 0 Å². The molecule has 1 amide bonds. The fraction of sp³-hybridized carbons (Fsp3) is 0.632. The third kappa shape index (κ3) is 5.05. The van der Waals surface area contributed by atoms with Crippen molar-refractivity contribution in [1.29, 1.82) is 0 Å². The van der Waals surface area contributed by atoms with Crippen LogP contribution in [0.1, 0.15) is 44.6 Å². The maximum absolute atomic E-state index is 12.4. The molecule has 1 N–H and O–H groups in total. The topological polar surface area (TPSA) is 75.7 Å². The first-order valence-electron chi connectivity index (χ1n) is 9.45. The van der Waals surface area contributed by atoms with Gasteiger partial charge in [0.25, 0.3) is 0 Å². The summed E-state index contributed by atoms with van der Waals surface area (Å²) >= 11 is 0. The van der Waals surface area contributed by atoms with E-state index in [0.29, 0.717) is 37.4 Å². The van der Waals surface area contributed by atoms with Gasteiger partial charge < -0.3 is 9.64 Å². The molecule has 144 valence electrons. The molecule has 26 heavy (non-hydrogen) atoms. The summed E-state index contributed by atoms with van der Waals surface area (Å²) in [6, 6.07) is 6.94. The third-order valence-corrected chi connectivity index (χ3v) is 6.67. The van der Waals surface area contributed by atoms with Crippen molar-refractivity contribution < 1.29 is 17.9 Å². The van der Waals surface area contributed by atoms with Crippen molar-refractivity contribution in [3.05, 3.63) is 29.8 Å². The second kappa shape index (κ2) is 8.50. The highest BCUT2D eigenvalue weighted by molar-refractivity contribution is 7.89. The van der Waals surface area contributed by atoms with Crippen molar-refractivity contribution >= 4 is 15.9 Å². The van der Waals surface area contributed by atoms with Gasteiger partial charge in [0.2, 0.25) is 15.9 Å². The number of nitrogens with zero attached hydrogens (tertiary/aromatic N) is 1. The Bertz CT molecular complexity index is 712. The maximum atomic E-state index is 12.4. The minimum absolute atomic E-state index is 0.0632. The molecule has 1 unspecified atom stereocenters. The Balaban J connectivity index is 1.53. The van der Waals surface area contributed by atoms with Gasteiger partial charge in [0.05, 0.1) is 17.6 Å². The first-order chi connectivity index (χ1) is 12.4. The molecular weight excluding hydrogens is 352 g/mol. The SMILES string of the molecule is CC1CN(C(=O)CCc2ccc(S(=O)(=O)NC3CCCC3)cc2)CCO1. The highest BCUT2D eigenvalue weighted by Crippen LogP contribution is 2.21. The number of morpholine rings is 1. The number of nitrogens with one attached hydrogen (secondary N) is 1. The van der Waals surface area contributed by atoms with E-state index >= 15 is 0 Å². The Morgan fingerprint density at radius 1 is 1.23 bits per heavy atom. The van der Waals surface area contributed by atoms with E-state index < -0.39 is 10.0 Å². The molecule has 0 bridgehead atoms. The minimum atomic E-state index is -3.45. The number of carbonyl (C=O) groups is 1. The average molecular weight is 381 g/mol. The molecule has 1 aliphatic carbocycles. The van der Waals surface area contributed by atoms with Gasteiger partial charge in [0.1, 0.15) is 0 Å².